The van der Waals surface area contributed by atoms with Gasteiger partial charge in [-0.1, -0.05) is 36.4 Å². The average molecular weight is 462 g/mol. The fourth-order valence-corrected chi connectivity index (χ4v) is 4.00. The van der Waals surface area contributed by atoms with Gasteiger partial charge >= 0.3 is 5.97 Å². The number of anilines is 2. The highest BCUT2D eigenvalue weighted by atomic mass is 16.6. The first-order valence-electron chi connectivity index (χ1n) is 10.5. The first kappa shape index (κ1) is 22.8. The van der Waals surface area contributed by atoms with Gasteiger partial charge in [0, 0.05) is 6.07 Å². The summed E-state index contributed by atoms with van der Waals surface area (Å²) in [5.41, 5.74) is 2.56. The molecular formula is C25H22N2O7. The van der Waals surface area contributed by atoms with Crippen LogP contribution < -0.4 is 14.4 Å². The number of rotatable bonds is 6. The number of ether oxygens (including phenoxy) is 3. The van der Waals surface area contributed by atoms with E-state index in [2.05, 4.69) is 0 Å². The zero-order valence-corrected chi connectivity index (χ0v) is 18.6. The third-order valence-corrected chi connectivity index (χ3v) is 5.62. The lowest BCUT2D eigenvalue weighted by Gasteiger charge is -2.24. The Bertz CT molecular complexity index is 1220. The Kier molecular flexibility index (Phi) is 6.44. The molecule has 1 aliphatic rings. The minimum absolute atomic E-state index is 0.0969. The molecule has 174 valence electrons. The van der Waals surface area contributed by atoms with Crippen LogP contribution in [-0.2, 0) is 22.4 Å². The van der Waals surface area contributed by atoms with Crippen molar-refractivity contribution >= 4 is 28.9 Å². The molecule has 0 bridgehead atoms. The van der Waals surface area contributed by atoms with Gasteiger partial charge in [-0.05, 0) is 36.1 Å². The number of hydrogen-bond donors (Lipinski definition) is 0. The van der Waals surface area contributed by atoms with Crippen molar-refractivity contribution in [3.05, 3.63) is 87.5 Å². The summed E-state index contributed by atoms with van der Waals surface area (Å²) in [5.74, 6) is -1.27. The number of carbonyl (C=O) groups is 2. The van der Waals surface area contributed by atoms with Crippen molar-refractivity contribution in [3.8, 4) is 11.5 Å². The number of amides is 1. The van der Waals surface area contributed by atoms with Gasteiger partial charge in [-0.2, -0.15) is 0 Å². The maximum absolute atomic E-state index is 13.3. The second-order valence-corrected chi connectivity index (χ2v) is 7.54. The van der Waals surface area contributed by atoms with Crippen molar-refractivity contribution in [1.82, 2.24) is 0 Å². The SMILES string of the molecule is COc1cc(C(=O)OCC(=O)N2c3ccccc3CCc3ccccc32)c([N+](=O)[O-])cc1OC. The van der Waals surface area contributed by atoms with E-state index < -0.39 is 29.1 Å². The van der Waals surface area contributed by atoms with Crippen molar-refractivity contribution in [2.45, 2.75) is 12.8 Å². The molecule has 1 heterocycles. The van der Waals surface area contributed by atoms with E-state index in [4.69, 9.17) is 14.2 Å². The van der Waals surface area contributed by atoms with E-state index in [-0.39, 0.29) is 17.1 Å². The first-order chi connectivity index (χ1) is 16.4. The van der Waals surface area contributed by atoms with Crippen LogP contribution in [0.3, 0.4) is 0 Å². The van der Waals surface area contributed by atoms with E-state index in [1.807, 2.05) is 48.5 Å². The monoisotopic (exact) mass is 462 g/mol. The summed E-state index contributed by atoms with van der Waals surface area (Å²) in [6.07, 6.45) is 1.52. The average Bonchev–Trinajstić information content (AvgIpc) is 3.03. The van der Waals surface area contributed by atoms with Crippen LogP contribution in [-0.4, -0.2) is 37.6 Å². The van der Waals surface area contributed by atoms with Gasteiger partial charge in [0.15, 0.2) is 18.1 Å². The highest BCUT2D eigenvalue weighted by Gasteiger charge is 2.29. The van der Waals surface area contributed by atoms with Crippen molar-refractivity contribution in [2.24, 2.45) is 0 Å². The van der Waals surface area contributed by atoms with Gasteiger partial charge in [0.1, 0.15) is 5.56 Å². The number of nitro groups is 1. The number of benzene rings is 3. The summed E-state index contributed by atoms with van der Waals surface area (Å²) < 4.78 is 15.5. The zero-order chi connectivity index (χ0) is 24.2. The van der Waals surface area contributed by atoms with Gasteiger partial charge in [-0.3, -0.25) is 19.8 Å². The molecule has 9 nitrogen and oxygen atoms in total. The molecule has 0 spiro atoms. The van der Waals surface area contributed by atoms with Crippen molar-refractivity contribution < 1.29 is 28.7 Å². The molecule has 34 heavy (non-hydrogen) atoms. The number of fused-ring (bicyclic) bond motifs is 2. The molecule has 0 saturated carbocycles. The van der Waals surface area contributed by atoms with Crippen LogP contribution in [0.25, 0.3) is 0 Å². The zero-order valence-electron chi connectivity index (χ0n) is 18.6. The number of nitro benzene ring substituents is 1. The quantitative estimate of drug-likeness (QED) is 0.306. The van der Waals surface area contributed by atoms with Crippen LogP contribution in [0.5, 0.6) is 11.5 Å². The van der Waals surface area contributed by atoms with Crippen LogP contribution in [0, 0.1) is 10.1 Å². The Hall–Kier alpha value is -4.40. The van der Waals surface area contributed by atoms with E-state index in [1.165, 1.54) is 25.2 Å². The lowest BCUT2D eigenvalue weighted by Crippen LogP contribution is -2.31. The number of methoxy groups -OCH3 is 2. The number of nitrogens with zero attached hydrogens (tertiary/aromatic N) is 2. The van der Waals surface area contributed by atoms with Gasteiger partial charge in [0.2, 0.25) is 0 Å². The number of esters is 1. The number of hydrogen-bond acceptors (Lipinski definition) is 7. The summed E-state index contributed by atoms with van der Waals surface area (Å²) in [5, 5.41) is 11.5. The minimum Gasteiger partial charge on any atom is -0.493 e. The first-order valence-corrected chi connectivity index (χ1v) is 10.5. The molecule has 0 radical (unpaired) electrons. The molecule has 4 rings (SSSR count). The Morgan fingerprint density at radius 3 is 1.97 bits per heavy atom. The number of para-hydroxylation sites is 2. The highest BCUT2D eigenvalue weighted by Crippen LogP contribution is 2.37. The lowest BCUT2D eigenvalue weighted by atomic mass is 10.0. The molecule has 0 saturated heterocycles. The normalized spacial score (nSPS) is 12.1. The Morgan fingerprint density at radius 1 is 0.912 bits per heavy atom. The smallest absolute Gasteiger partial charge is 0.345 e. The number of carbonyl (C=O) groups excluding carboxylic acids is 2. The molecule has 0 N–H and O–H groups in total. The van der Waals surface area contributed by atoms with Crippen LogP contribution >= 0.6 is 0 Å². The summed E-state index contributed by atoms with van der Waals surface area (Å²) >= 11 is 0. The maximum atomic E-state index is 13.3. The predicted octanol–water partition coefficient (Wildman–Crippen LogP) is 4.23. The second-order valence-electron chi connectivity index (χ2n) is 7.54. The van der Waals surface area contributed by atoms with Crippen LogP contribution in [0.1, 0.15) is 21.5 Å². The molecule has 3 aromatic carbocycles. The van der Waals surface area contributed by atoms with Gasteiger partial charge in [0.25, 0.3) is 11.6 Å². The van der Waals surface area contributed by atoms with Crippen molar-refractivity contribution in [1.29, 1.82) is 0 Å². The van der Waals surface area contributed by atoms with Gasteiger partial charge in [0.05, 0.1) is 36.6 Å². The Morgan fingerprint density at radius 2 is 1.44 bits per heavy atom. The Labute approximate surface area is 195 Å². The maximum Gasteiger partial charge on any atom is 0.345 e. The van der Waals surface area contributed by atoms with E-state index in [1.54, 1.807) is 0 Å². The molecule has 0 fully saturated rings. The highest BCUT2D eigenvalue weighted by molar-refractivity contribution is 6.04. The van der Waals surface area contributed by atoms with Gasteiger partial charge < -0.3 is 14.2 Å². The molecule has 9 heteroatoms. The molecule has 1 amide bonds. The van der Waals surface area contributed by atoms with Crippen LogP contribution in [0.4, 0.5) is 17.1 Å². The Balaban J connectivity index is 1.63. The standard InChI is InChI=1S/C25H22N2O7/c1-32-22-13-18(21(27(30)31)14-23(22)33-2)25(29)34-15-24(28)26-19-9-5-3-7-16(19)11-12-17-8-4-6-10-20(17)26/h3-10,13-14H,11-12,15H2,1-2H3. The number of aryl methyl sites for hydroxylation is 2. The summed E-state index contributed by atoms with van der Waals surface area (Å²) in [7, 11) is 2.67. The lowest BCUT2D eigenvalue weighted by molar-refractivity contribution is -0.385. The summed E-state index contributed by atoms with van der Waals surface area (Å²) in [4.78, 5) is 38.4. The molecular weight excluding hydrogens is 440 g/mol. The van der Waals surface area contributed by atoms with Crippen molar-refractivity contribution in [2.75, 3.05) is 25.7 Å². The van der Waals surface area contributed by atoms with Gasteiger partial charge in [-0.15, -0.1) is 0 Å². The molecule has 0 aliphatic carbocycles. The van der Waals surface area contributed by atoms with Crippen LogP contribution in [0.15, 0.2) is 60.7 Å². The fourth-order valence-electron chi connectivity index (χ4n) is 4.00. The molecule has 3 aromatic rings. The molecule has 0 unspecified atom stereocenters. The summed E-state index contributed by atoms with van der Waals surface area (Å²) in [6.45, 7) is -0.604. The largest absolute Gasteiger partial charge is 0.493 e. The third-order valence-electron chi connectivity index (χ3n) is 5.62. The van der Waals surface area contributed by atoms with E-state index >= 15 is 0 Å². The van der Waals surface area contributed by atoms with Crippen molar-refractivity contribution in [3.63, 3.8) is 0 Å². The van der Waals surface area contributed by atoms with E-state index in [0.29, 0.717) is 11.4 Å². The predicted molar refractivity (Wildman–Crippen MR) is 124 cm³/mol. The van der Waals surface area contributed by atoms with Crippen LogP contribution in [0.2, 0.25) is 0 Å². The summed E-state index contributed by atoms with van der Waals surface area (Å²) in [6, 6.07) is 17.4. The molecule has 1 aliphatic heterocycles. The third kappa shape index (κ3) is 4.27. The minimum atomic E-state index is -1.02. The fraction of sp³-hybridized carbons (Fsp3) is 0.200. The second kappa shape index (κ2) is 9.62. The topological polar surface area (TPSA) is 108 Å². The van der Waals surface area contributed by atoms with E-state index in [9.17, 15) is 19.7 Å². The molecule has 0 aromatic heterocycles. The van der Waals surface area contributed by atoms with Gasteiger partial charge in [-0.25, -0.2) is 4.79 Å². The molecule has 0 atom stereocenters. The van der Waals surface area contributed by atoms with E-state index in [0.717, 1.165) is 30.0 Å².